The van der Waals surface area contributed by atoms with E-state index in [4.69, 9.17) is 11.8 Å². The summed E-state index contributed by atoms with van der Waals surface area (Å²) in [6, 6.07) is 8.38. The maximum Gasteiger partial charge on any atom is 0.0527 e. The van der Waals surface area contributed by atoms with Crippen LogP contribution in [-0.4, -0.2) is 0 Å². The monoisotopic (exact) mass is 266 g/mol. The van der Waals surface area contributed by atoms with Crippen LogP contribution in [0.5, 0.6) is 0 Å². The molecule has 1 aromatic rings. The van der Waals surface area contributed by atoms with Crippen molar-refractivity contribution in [3.8, 4) is 0 Å². The fourth-order valence-electron chi connectivity index (χ4n) is 2.08. The molecule has 0 aliphatic heterocycles. The molecular formula is C16H11PS. The number of hydrogen-bond acceptors (Lipinski definition) is 1. The highest BCUT2D eigenvalue weighted by atomic mass is 32.4. The molecule has 0 spiro atoms. The quantitative estimate of drug-likeness (QED) is 0.588. The summed E-state index contributed by atoms with van der Waals surface area (Å²) in [5, 5.41) is 3.43. The molecule has 0 aromatic heterocycles. The van der Waals surface area contributed by atoms with E-state index in [-0.39, 0.29) is 0 Å². The van der Waals surface area contributed by atoms with E-state index in [2.05, 4.69) is 35.7 Å². The van der Waals surface area contributed by atoms with Gasteiger partial charge in [-0.2, -0.15) is 0 Å². The van der Waals surface area contributed by atoms with Crippen LogP contribution in [0.15, 0.2) is 88.9 Å². The molecule has 0 N–H and O–H groups in total. The van der Waals surface area contributed by atoms with Gasteiger partial charge in [-0.25, -0.2) is 0 Å². The minimum Gasteiger partial charge on any atom is -0.111 e. The zero-order chi connectivity index (χ0) is 12.4. The molecule has 0 bridgehead atoms. The summed E-state index contributed by atoms with van der Waals surface area (Å²) in [5.41, 5.74) is 6.58. The molecule has 0 atom stereocenters. The summed E-state index contributed by atoms with van der Waals surface area (Å²) >= 11 is 6.06. The highest BCUT2D eigenvalue weighted by Gasteiger charge is 2.27. The first kappa shape index (κ1) is 11.5. The smallest absolute Gasteiger partial charge is 0.0527 e. The first-order chi connectivity index (χ1) is 8.82. The molecule has 2 aliphatic rings. The minimum atomic E-state index is -1.96. The van der Waals surface area contributed by atoms with Crippen molar-refractivity contribution in [1.82, 2.24) is 0 Å². The zero-order valence-corrected chi connectivity index (χ0v) is 11.4. The lowest BCUT2D eigenvalue weighted by Crippen LogP contribution is -2.05. The summed E-state index contributed by atoms with van der Waals surface area (Å²) in [7, 11) is 0. The molecule has 2 heteroatoms. The first-order valence-electron chi connectivity index (χ1n) is 5.75. The van der Waals surface area contributed by atoms with E-state index < -0.39 is 6.04 Å². The van der Waals surface area contributed by atoms with Gasteiger partial charge < -0.3 is 0 Å². The number of allylic oxidation sites excluding steroid dienone is 6. The maximum atomic E-state index is 6.06. The van der Waals surface area contributed by atoms with Crippen molar-refractivity contribution < 1.29 is 0 Å². The molecule has 1 aromatic carbocycles. The Morgan fingerprint density at radius 2 is 1.39 bits per heavy atom. The standard InChI is InChI=1S/C16H11PS/c18-17(15-10-4-5-11-15,16-12-6-7-13-16)14-8-2-1-3-9-14/h1-10,12H. The summed E-state index contributed by atoms with van der Waals surface area (Å²) < 4.78 is 0. The lowest BCUT2D eigenvalue weighted by Gasteiger charge is -2.21. The predicted octanol–water partition coefficient (Wildman–Crippen LogP) is 4.01. The van der Waals surface area contributed by atoms with Gasteiger partial charge in [-0.1, -0.05) is 54.3 Å². The molecule has 18 heavy (non-hydrogen) atoms. The largest absolute Gasteiger partial charge is 0.111 e. The van der Waals surface area contributed by atoms with E-state index in [1.807, 2.05) is 42.5 Å². The highest BCUT2D eigenvalue weighted by molar-refractivity contribution is 8.22. The highest BCUT2D eigenvalue weighted by Crippen LogP contribution is 2.61. The molecule has 3 rings (SSSR count). The van der Waals surface area contributed by atoms with E-state index in [1.54, 1.807) is 0 Å². The van der Waals surface area contributed by atoms with Crippen molar-refractivity contribution in [3.05, 3.63) is 88.9 Å². The van der Waals surface area contributed by atoms with Gasteiger partial charge in [0.05, 0.1) is 6.04 Å². The van der Waals surface area contributed by atoms with Crippen molar-refractivity contribution >= 4 is 23.1 Å². The molecule has 0 heterocycles. The van der Waals surface area contributed by atoms with E-state index in [9.17, 15) is 0 Å². The normalized spacial score (nSPS) is 16.2. The fourth-order valence-corrected chi connectivity index (χ4v) is 5.64. The lowest BCUT2D eigenvalue weighted by molar-refractivity contribution is 1.76. The number of benzene rings is 1. The third kappa shape index (κ3) is 1.75. The Labute approximate surface area is 112 Å². The first-order valence-corrected chi connectivity index (χ1v) is 8.55. The summed E-state index contributed by atoms with van der Waals surface area (Å²) in [4.78, 5) is 0. The fraction of sp³-hybridized carbons (Fsp3) is 0. The summed E-state index contributed by atoms with van der Waals surface area (Å²) in [6.07, 6.45) is 12.0. The Kier molecular flexibility index (Phi) is 2.92. The molecule has 0 fully saturated rings. The van der Waals surface area contributed by atoms with Crippen molar-refractivity contribution in [1.29, 1.82) is 0 Å². The van der Waals surface area contributed by atoms with E-state index >= 15 is 0 Å². The molecular weight excluding hydrogens is 255 g/mol. The Bertz CT molecular complexity index is 678. The Morgan fingerprint density at radius 1 is 0.833 bits per heavy atom. The maximum absolute atomic E-state index is 6.06. The number of rotatable bonds is 3. The van der Waals surface area contributed by atoms with Crippen LogP contribution < -0.4 is 5.30 Å². The van der Waals surface area contributed by atoms with Gasteiger partial charge >= 0.3 is 0 Å². The van der Waals surface area contributed by atoms with Gasteiger partial charge in [0.15, 0.2) is 0 Å². The van der Waals surface area contributed by atoms with Gasteiger partial charge in [0, 0.05) is 10.6 Å². The van der Waals surface area contributed by atoms with Crippen molar-refractivity contribution in [2.24, 2.45) is 0 Å². The zero-order valence-electron chi connectivity index (χ0n) is 9.71. The third-order valence-electron chi connectivity index (χ3n) is 2.96. The van der Waals surface area contributed by atoms with Crippen molar-refractivity contribution in [3.63, 3.8) is 0 Å². The van der Waals surface area contributed by atoms with Crippen LogP contribution in [0.25, 0.3) is 0 Å². The molecule has 0 amide bonds. The van der Waals surface area contributed by atoms with Gasteiger partial charge in [0.2, 0.25) is 0 Å². The molecule has 0 saturated carbocycles. The van der Waals surface area contributed by atoms with Crippen LogP contribution in [0.2, 0.25) is 0 Å². The molecule has 86 valence electrons. The van der Waals surface area contributed by atoms with Gasteiger partial charge in [-0.3, -0.25) is 0 Å². The van der Waals surface area contributed by atoms with Crippen LogP contribution in [0.1, 0.15) is 0 Å². The predicted molar refractivity (Wildman–Crippen MR) is 81.8 cm³/mol. The van der Waals surface area contributed by atoms with E-state index in [0.29, 0.717) is 0 Å². The number of hydrogen-bond donors (Lipinski definition) is 0. The van der Waals surface area contributed by atoms with Crippen LogP contribution in [0.4, 0.5) is 0 Å². The topological polar surface area (TPSA) is 0 Å². The summed E-state index contributed by atoms with van der Waals surface area (Å²) in [6.45, 7) is 0. The van der Waals surface area contributed by atoms with Crippen LogP contribution in [0.3, 0.4) is 0 Å². The van der Waals surface area contributed by atoms with Crippen molar-refractivity contribution in [2.75, 3.05) is 0 Å². The second kappa shape index (κ2) is 4.58. The SMILES string of the molecule is S=P(C1=C=CC=C1)(C1=C=CC=C1)c1ccccc1. The van der Waals surface area contributed by atoms with Crippen LogP contribution in [0, 0.1) is 0 Å². The molecule has 0 unspecified atom stereocenters. The average molecular weight is 266 g/mol. The summed E-state index contributed by atoms with van der Waals surface area (Å²) in [5.74, 6) is 0. The van der Waals surface area contributed by atoms with Gasteiger partial charge in [0.25, 0.3) is 0 Å². The lowest BCUT2D eigenvalue weighted by atomic mass is 10.4. The molecule has 0 radical (unpaired) electrons. The minimum absolute atomic E-state index is 1.12. The van der Waals surface area contributed by atoms with E-state index in [1.165, 1.54) is 5.30 Å². The van der Waals surface area contributed by atoms with Gasteiger partial charge in [-0.05, 0) is 29.6 Å². The second-order valence-corrected chi connectivity index (χ2v) is 8.40. The molecule has 2 aliphatic carbocycles. The van der Waals surface area contributed by atoms with Gasteiger partial charge in [0.1, 0.15) is 0 Å². The average Bonchev–Trinajstić information content (AvgIpc) is 3.12. The molecule has 0 nitrogen and oxygen atoms in total. The second-order valence-electron chi connectivity index (χ2n) is 4.06. The van der Waals surface area contributed by atoms with Crippen molar-refractivity contribution in [2.45, 2.75) is 0 Å². The van der Waals surface area contributed by atoms with Crippen LogP contribution >= 0.6 is 6.04 Å². The third-order valence-corrected chi connectivity index (χ3v) is 7.71. The Morgan fingerprint density at radius 3 is 1.83 bits per heavy atom. The Hall–Kier alpha value is -1.61. The van der Waals surface area contributed by atoms with Crippen LogP contribution in [-0.2, 0) is 11.8 Å². The Balaban J connectivity index is 2.26. The van der Waals surface area contributed by atoms with E-state index in [0.717, 1.165) is 10.6 Å². The van der Waals surface area contributed by atoms with Gasteiger partial charge in [-0.15, -0.1) is 11.5 Å². The molecule has 0 saturated heterocycles.